The molecule has 1 heterocycles. The van der Waals surface area contributed by atoms with Crippen molar-refractivity contribution >= 4 is 0 Å². The molecule has 1 aliphatic heterocycles. The maximum atomic E-state index is 5.33. The first-order valence-electron chi connectivity index (χ1n) is 5.91. The van der Waals surface area contributed by atoms with Crippen LogP contribution in [0.3, 0.4) is 0 Å². The summed E-state index contributed by atoms with van der Waals surface area (Å²) in [5, 5.41) is 3.73. The third kappa shape index (κ3) is 1.58. The average Bonchev–Trinajstić information content (AvgIpc) is 2.09. The summed E-state index contributed by atoms with van der Waals surface area (Å²) in [6.07, 6.45) is 4.36. The molecule has 4 aliphatic rings. The summed E-state index contributed by atoms with van der Waals surface area (Å²) >= 11 is 0. The summed E-state index contributed by atoms with van der Waals surface area (Å²) < 4.78 is 5.33. The Morgan fingerprint density at radius 3 is 2.50 bits per heavy atom. The van der Waals surface area contributed by atoms with Gasteiger partial charge in [-0.1, -0.05) is 0 Å². The van der Waals surface area contributed by atoms with E-state index in [0.717, 1.165) is 32.2 Å². The topological polar surface area (TPSA) is 24.5 Å². The van der Waals surface area contributed by atoms with Crippen LogP contribution in [0, 0.1) is 5.92 Å². The number of hydrogen-bond acceptors (Lipinski definition) is 3. The van der Waals surface area contributed by atoms with E-state index in [2.05, 4.69) is 10.2 Å². The van der Waals surface area contributed by atoms with E-state index in [1.54, 1.807) is 0 Å². The van der Waals surface area contributed by atoms with Crippen molar-refractivity contribution in [2.24, 2.45) is 5.92 Å². The van der Waals surface area contributed by atoms with Crippen LogP contribution in [-0.2, 0) is 4.74 Å². The van der Waals surface area contributed by atoms with Crippen molar-refractivity contribution in [3.63, 3.8) is 0 Å². The van der Waals surface area contributed by atoms with E-state index in [0.29, 0.717) is 5.54 Å². The van der Waals surface area contributed by atoms with Crippen LogP contribution in [0.1, 0.15) is 19.3 Å². The van der Waals surface area contributed by atoms with Crippen LogP contribution in [0.2, 0.25) is 0 Å². The van der Waals surface area contributed by atoms with Crippen LogP contribution in [0.4, 0.5) is 0 Å². The molecule has 3 heteroatoms. The Morgan fingerprint density at radius 1 is 1.21 bits per heavy atom. The second kappa shape index (κ2) is 3.47. The molecule has 80 valence electrons. The molecule has 0 radical (unpaired) electrons. The fraction of sp³-hybridized carbons (Fsp3) is 1.00. The van der Waals surface area contributed by atoms with Crippen LogP contribution in [0.15, 0.2) is 0 Å². The quantitative estimate of drug-likeness (QED) is 0.707. The molecule has 3 nitrogen and oxygen atoms in total. The van der Waals surface area contributed by atoms with E-state index in [1.807, 2.05) is 0 Å². The van der Waals surface area contributed by atoms with Gasteiger partial charge in [0.1, 0.15) is 0 Å². The zero-order valence-electron chi connectivity index (χ0n) is 8.80. The lowest BCUT2D eigenvalue weighted by molar-refractivity contribution is -0.0528. The molecule has 4 fully saturated rings. The van der Waals surface area contributed by atoms with Crippen molar-refractivity contribution in [2.45, 2.75) is 24.8 Å². The van der Waals surface area contributed by atoms with E-state index in [4.69, 9.17) is 4.74 Å². The Bertz CT molecular complexity index is 196. The van der Waals surface area contributed by atoms with Gasteiger partial charge in [0.05, 0.1) is 13.2 Å². The molecule has 14 heavy (non-hydrogen) atoms. The lowest BCUT2D eigenvalue weighted by Crippen LogP contribution is -2.67. The third-order valence-corrected chi connectivity index (χ3v) is 4.07. The largest absolute Gasteiger partial charge is 0.379 e. The molecule has 0 atom stereocenters. The smallest absolute Gasteiger partial charge is 0.0594 e. The molecule has 0 unspecified atom stereocenters. The Labute approximate surface area is 85.8 Å². The van der Waals surface area contributed by atoms with E-state index in [1.165, 1.54) is 32.4 Å². The number of ether oxygens (including phenoxy) is 1. The Morgan fingerprint density at radius 2 is 1.93 bits per heavy atom. The van der Waals surface area contributed by atoms with Crippen molar-refractivity contribution in [1.29, 1.82) is 0 Å². The number of rotatable bonds is 4. The van der Waals surface area contributed by atoms with Gasteiger partial charge in [-0.3, -0.25) is 4.90 Å². The predicted molar refractivity (Wildman–Crippen MR) is 55.3 cm³/mol. The second-order valence-corrected chi connectivity index (χ2v) is 5.14. The summed E-state index contributed by atoms with van der Waals surface area (Å²) in [5.41, 5.74) is 0.608. The third-order valence-electron chi connectivity index (χ3n) is 4.07. The molecule has 0 aromatic heterocycles. The maximum absolute atomic E-state index is 5.33. The second-order valence-electron chi connectivity index (χ2n) is 5.14. The van der Waals surface area contributed by atoms with Gasteiger partial charge in [-0.2, -0.15) is 0 Å². The zero-order chi connectivity index (χ0) is 9.43. The minimum atomic E-state index is 0.608. The molecule has 0 aromatic rings. The van der Waals surface area contributed by atoms with Gasteiger partial charge in [-0.25, -0.2) is 0 Å². The summed E-state index contributed by atoms with van der Waals surface area (Å²) in [6.45, 7) is 6.47. The molecule has 4 rings (SSSR count). The fourth-order valence-electron chi connectivity index (χ4n) is 3.00. The monoisotopic (exact) mass is 196 g/mol. The maximum Gasteiger partial charge on any atom is 0.0594 e. The summed E-state index contributed by atoms with van der Waals surface area (Å²) in [6, 6.07) is 0. The van der Waals surface area contributed by atoms with E-state index in [9.17, 15) is 0 Å². The molecule has 1 saturated heterocycles. The van der Waals surface area contributed by atoms with Crippen LogP contribution >= 0.6 is 0 Å². The first-order chi connectivity index (χ1) is 6.86. The zero-order valence-corrected chi connectivity index (χ0v) is 8.80. The van der Waals surface area contributed by atoms with Crippen molar-refractivity contribution < 1.29 is 4.74 Å². The van der Waals surface area contributed by atoms with Gasteiger partial charge in [-0.15, -0.1) is 0 Å². The number of nitrogens with zero attached hydrogens (tertiary/aromatic N) is 1. The van der Waals surface area contributed by atoms with Crippen molar-refractivity contribution in [3.8, 4) is 0 Å². The molecule has 3 saturated carbocycles. The lowest BCUT2D eigenvalue weighted by atomic mass is 9.50. The molecule has 0 amide bonds. The van der Waals surface area contributed by atoms with Crippen LogP contribution in [-0.4, -0.2) is 49.8 Å². The van der Waals surface area contributed by atoms with Crippen LogP contribution < -0.4 is 5.32 Å². The molecule has 2 bridgehead atoms. The van der Waals surface area contributed by atoms with Gasteiger partial charge >= 0.3 is 0 Å². The van der Waals surface area contributed by atoms with Gasteiger partial charge < -0.3 is 10.1 Å². The van der Waals surface area contributed by atoms with Crippen LogP contribution in [0.25, 0.3) is 0 Å². The highest BCUT2D eigenvalue weighted by molar-refractivity contribution is 5.13. The minimum Gasteiger partial charge on any atom is -0.379 e. The highest BCUT2D eigenvalue weighted by Crippen LogP contribution is 2.56. The Hall–Kier alpha value is -0.120. The van der Waals surface area contributed by atoms with Gasteiger partial charge in [0.25, 0.3) is 0 Å². The Kier molecular flexibility index (Phi) is 2.26. The normalized spacial score (nSPS) is 41.6. The van der Waals surface area contributed by atoms with E-state index in [-0.39, 0.29) is 0 Å². The molecule has 0 spiro atoms. The van der Waals surface area contributed by atoms with E-state index >= 15 is 0 Å². The predicted octanol–water partition coefficient (Wildman–Crippen LogP) is 0.461. The number of hydrogen-bond donors (Lipinski definition) is 1. The number of nitrogens with one attached hydrogen (secondary N) is 1. The molecule has 3 aliphatic carbocycles. The summed E-state index contributed by atoms with van der Waals surface area (Å²) in [5.74, 6) is 1.09. The average molecular weight is 196 g/mol. The first-order valence-corrected chi connectivity index (χ1v) is 5.91. The van der Waals surface area contributed by atoms with Gasteiger partial charge in [0.15, 0.2) is 0 Å². The van der Waals surface area contributed by atoms with Crippen LogP contribution in [0.5, 0.6) is 0 Å². The van der Waals surface area contributed by atoms with Gasteiger partial charge in [-0.05, 0) is 25.2 Å². The first kappa shape index (κ1) is 9.13. The summed E-state index contributed by atoms with van der Waals surface area (Å²) in [7, 11) is 0. The SMILES string of the molecule is C(CN1CCOCC1)NC12CC(C1)C2. The van der Waals surface area contributed by atoms with Gasteiger partial charge in [0.2, 0.25) is 0 Å². The highest BCUT2D eigenvalue weighted by atomic mass is 16.5. The van der Waals surface area contributed by atoms with Crippen molar-refractivity contribution in [2.75, 3.05) is 39.4 Å². The highest BCUT2D eigenvalue weighted by Gasteiger charge is 2.55. The molecular weight excluding hydrogens is 176 g/mol. The molecule has 0 aromatic carbocycles. The fourth-order valence-corrected chi connectivity index (χ4v) is 3.00. The lowest BCUT2D eigenvalue weighted by Gasteiger charge is -2.62. The van der Waals surface area contributed by atoms with Gasteiger partial charge in [0, 0.05) is 31.7 Å². The number of morpholine rings is 1. The van der Waals surface area contributed by atoms with Crippen molar-refractivity contribution in [1.82, 2.24) is 10.2 Å². The minimum absolute atomic E-state index is 0.608. The molecular formula is C11H20N2O. The molecule has 1 N–H and O–H groups in total. The van der Waals surface area contributed by atoms with Crippen molar-refractivity contribution in [3.05, 3.63) is 0 Å². The van der Waals surface area contributed by atoms with E-state index < -0.39 is 0 Å². The standard InChI is InChI=1S/C11H20N2O/c1(2-13-3-5-14-6-4-13)12-11-7-10(8-11)9-11/h10,12H,1-9H2. The Balaban J connectivity index is 1.33. The summed E-state index contributed by atoms with van der Waals surface area (Å²) in [4.78, 5) is 2.50.